The minimum Gasteiger partial charge on any atom is -0.366 e. The van der Waals surface area contributed by atoms with Crippen LogP contribution >= 0.6 is 0 Å². The van der Waals surface area contributed by atoms with Gasteiger partial charge in [-0.05, 0) is 23.7 Å². The molecule has 22 heavy (non-hydrogen) atoms. The molecule has 1 aromatic carbocycles. The molecule has 0 fully saturated rings. The Morgan fingerprint density at radius 3 is 2.50 bits per heavy atom. The summed E-state index contributed by atoms with van der Waals surface area (Å²) in [6.07, 6.45) is 3.73. The normalized spacial score (nSPS) is 11.6. The molecule has 6 heteroatoms. The van der Waals surface area contributed by atoms with Gasteiger partial charge in [-0.3, -0.25) is 4.79 Å². The van der Waals surface area contributed by atoms with Crippen molar-refractivity contribution in [2.75, 3.05) is 6.61 Å². The van der Waals surface area contributed by atoms with Crippen molar-refractivity contribution < 1.29 is 9.53 Å². The summed E-state index contributed by atoms with van der Waals surface area (Å²) in [5, 5.41) is 4.30. The number of amides is 1. The van der Waals surface area contributed by atoms with E-state index in [2.05, 4.69) is 24.7 Å². The fourth-order valence-corrected chi connectivity index (χ4v) is 2.70. The summed E-state index contributed by atoms with van der Waals surface area (Å²) in [4.78, 5) is 11.1. The zero-order chi connectivity index (χ0) is 16.2. The molecule has 118 valence electrons. The molecule has 0 aliphatic carbocycles. The van der Waals surface area contributed by atoms with Gasteiger partial charge in [0.15, 0.2) is 0 Å². The fourth-order valence-electron chi connectivity index (χ4n) is 1.95. The van der Waals surface area contributed by atoms with Crippen molar-refractivity contribution >= 4 is 14.0 Å². The highest BCUT2D eigenvalue weighted by Gasteiger charge is 2.12. The lowest BCUT2D eigenvalue weighted by molar-refractivity contribution is 0.0786. The van der Waals surface area contributed by atoms with Crippen molar-refractivity contribution in [3.05, 3.63) is 42.2 Å². The van der Waals surface area contributed by atoms with E-state index in [1.165, 1.54) is 0 Å². The molecule has 2 rings (SSSR count). The number of hydrogen-bond donors (Lipinski definition) is 1. The van der Waals surface area contributed by atoms with Gasteiger partial charge in [0.2, 0.25) is 5.91 Å². The number of nitrogens with zero attached hydrogens (tertiary/aromatic N) is 2. The minimum atomic E-state index is -1.05. The third-order valence-electron chi connectivity index (χ3n) is 3.36. The Morgan fingerprint density at radius 2 is 1.91 bits per heavy atom. The first-order valence-electron chi connectivity index (χ1n) is 7.36. The Hall–Kier alpha value is -1.92. The summed E-state index contributed by atoms with van der Waals surface area (Å²) in [6.45, 7) is 8.23. The molecule has 0 aliphatic heterocycles. The van der Waals surface area contributed by atoms with E-state index in [0.29, 0.717) is 12.3 Å². The zero-order valence-corrected chi connectivity index (χ0v) is 14.4. The number of ether oxygens (including phenoxy) is 1. The van der Waals surface area contributed by atoms with E-state index in [9.17, 15) is 4.79 Å². The van der Waals surface area contributed by atoms with Crippen LogP contribution in [0.15, 0.2) is 36.7 Å². The second-order valence-corrected chi connectivity index (χ2v) is 12.2. The zero-order valence-electron chi connectivity index (χ0n) is 13.4. The summed E-state index contributed by atoms with van der Waals surface area (Å²) >= 11 is 0. The maximum absolute atomic E-state index is 11.1. The molecular weight excluding hydrogens is 294 g/mol. The number of aromatic nitrogens is 2. The molecule has 2 N–H and O–H groups in total. The maximum Gasteiger partial charge on any atom is 0.248 e. The van der Waals surface area contributed by atoms with Crippen LogP contribution in [0.25, 0.3) is 11.1 Å². The lowest BCUT2D eigenvalue weighted by Crippen LogP contribution is -2.22. The number of carbonyl (C=O) groups excluding carboxylic acids is 1. The second kappa shape index (κ2) is 6.89. The highest BCUT2D eigenvalue weighted by molar-refractivity contribution is 6.76. The van der Waals surface area contributed by atoms with Crippen molar-refractivity contribution in [1.82, 2.24) is 9.78 Å². The van der Waals surface area contributed by atoms with Crippen molar-refractivity contribution in [2.45, 2.75) is 32.4 Å². The van der Waals surface area contributed by atoms with Crippen LogP contribution in [0.2, 0.25) is 25.7 Å². The number of hydrogen-bond acceptors (Lipinski definition) is 3. The van der Waals surface area contributed by atoms with E-state index in [1.807, 2.05) is 18.3 Å². The van der Waals surface area contributed by atoms with Gasteiger partial charge < -0.3 is 10.5 Å². The highest BCUT2D eigenvalue weighted by atomic mass is 28.3. The van der Waals surface area contributed by atoms with Crippen molar-refractivity contribution in [3.63, 3.8) is 0 Å². The maximum atomic E-state index is 11.1. The molecule has 0 unspecified atom stereocenters. The fraction of sp³-hybridized carbons (Fsp3) is 0.375. The van der Waals surface area contributed by atoms with E-state index in [-0.39, 0.29) is 0 Å². The standard InChI is InChI=1S/C16H23N3O2Si/c1-22(2,3)9-8-21-12-19-11-15(10-18-19)13-4-6-14(7-5-13)16(17)20/h4-7,10-11H,8-9,12H2,1-3H3,(H2,17,20). The molecule has 0 saturated carbocycles. The summed E-state index contributed by atoms with van der Waals surface area (Å²) < 4.78 is 7.45. The Bertz CT molecular complexity index is 630. The first kappa shape index (κ1) is 16.4. The van der Waals surface area contributed by atoms with Crippen LogP contribution in [-0.2, 0) is 11.5 Å². The number of carbonyl (C=O) groups is 1. The molecule has 0 atom stereocenters. The molecule has 1 aromatic heterocycles. The SMILES string of the molecule is C[Si](C)(C)CCOCn1cc(-c2ccc(C(N)=O)cc2)cn1. The Labute approximate surface area is 132 Å². The quantitative estimate of drug-likeness (QED) is 0.630. The lowest BCUT2D eigenvalue weighted by Gasteiger charge is -2.15. The van der Waals surface area contributed by atoms with Crippen LogP contribution in [0.3, 0.4) is 0 Å². The monoisotopic (exact) mass is 317 g/mol. The predicted octanol–water partition coefficient (Wildman–Crippen LogP) is 2.96. The highest BCUT2D eigenvalue weighted by Crippen LogP contribution is 2.19. The average molecular weight is 317 g/mol. The smallest absolute Gasteiger partial charge is 0.248 e. The molecule has 1 heterocycles. The number of primary amides is 1. The molecule has 5 nitrogen and oxygen atoms in total. The van der Waals surface area contributed by atoms with Crippen LogP contribution in [0.4, 0.5) is 0 Å². The molecular formula is C16H23N3O2Si. The van der Waals surface area contributed by atoms with Crippen molar-refractivity contribution in [3.8, 4) is 11.1 Å². The van der Waals surface area contributed by atoms with Crippen molar-refractivity contribution in [2.24, 2.45) is 5.73 Å². The molecule has 0 bridgehead atoms. The predicted molar refractivity (Wildman–Crippen MR) is 90.3 cm³/mol. The summed E-state index contributed by atoms with van der Waals surface area (Å²) in [5.74, 6) is -0.418. The van der Waals surface area contributed by atoms with Gasteiger partial charge in [0.1, 0.15) is 6.73 Å². The number of rotatable bonds is 7. The topological polar surface area (TPSA) is 70.1 Å². The van der Waals surface area contributed by atoms with Crippen LogP contribution < -0.4 is 5.73 Å². The van der Waals surface area contributed by atoms with E-state index in [4.69, 9.17) is 10.5 Å². The van der Waals surface area contributed by atoms with Crippen LogP contribution in [-0.4, -0.2) is 30.4 Å². The van der Waals surface area contributed by atoms with Gasteiger partial charge in [0.05, 0.1) is 6.20 Å². The molecule has 0 saturated heterocycles. The van der Waals surface area contributed by atoms with Crippen molar-refractivity contribution in [1.29, 1.82) is 0 Å². The molecule has 0 radical (unpaired) electrons. The summed E-state index contributed by atoms with van der Waals surface area (Å²) in [7, 11) is -1.05. The summed E-state index contributed by atoms with van der Waals surface area (Å²) in [5.41, 5.74) is 7.73. The van der Waals surface area contributed by atoms with E-state index in [1.54, 1.807) is 23.0 Å². The average Bonchev–Trinajstić information content (AvgIpc) is 2.91. The Morgan fingerprint density at radius 1 is 1.23 bits per heavy atom. The van der Waals surface area contributed by atoms with Crippen LogP contribution in [0.1, 0.15) is 10.4 Å². The largest absolute Gasteiger partial charge is 0.366 e. The van der Waals surface area contributed by atoms with Gasteiger partial charge >= 0.3 is 0 Å². The van der Waals surface area contributed by atoms with Crippen LogP contribution in [0.5, 0.6) is 0 Å². The third-order valence-corrected chi connectivity index (χ3v) is 5.06. The van der Waals surface area contributed by atoms with Gasteiger partial charge in [-0.1, -0.05) is 31.8 Å². The van der Waals surface area contributed by atoms with Gasteiger partial charge in [0, 0.05) is 32.0 Å². The molecule has 0 spiro atoms. The molecule has 0 aliphatic rings. The van der Waals surface area contributed by atoms with Gasteiger partial charge in [-0.15, -0.1) is 0 Å². The van der Waals surface area contributed by atoms with E-state index >= 15 is 0 Å². The van der Waals surface area contributed by atoms with E-state index in [0.717, 1.165) is 23.8 Å². The Balaban J connectivity index is 1.92. The Kier molecular flexibility index (Phi) is 5.15. The molecule has 2 aromatic rings. The van der Waals surface area contributed by atoms with Gasteiger partial charge in [-0.2, -0.15) is 5.10 Å². The first-order chi connectivity index (χ1) is 10.3. The second-order valence-electron chi connectivity index (χ2n) is 6.56. The van der Waals surface area contributed by atoms with Crippen LogP contribution in [0, 0.1) is 0 Å². The lowest BCUT2D eigenvalue weighted by atomic mass is 10.1. The first-order valence-corrected chi connectivity index (χ1v) is 11.1. The number of nitrogens with two attached hydrogens (primary N) is 1. The van der Waals surface area contributed by atoms with E-state index < -0.39 is 14.0 Å². The van der Waals surface area contributed by atoms with Gasteiger partial charge in [-0.25, -0.2) is 4.68 Å². The minimum absolute atomic E-state index is 0.418. The summed E-state index contributed by atoms with van der Waals surface area (Å²) in [6, 6.07) is 8.33. The third kappa shape index (κ3) is 4.82. The van der Waals surface area contributed by atoms with Gasteiger partial charge in [0.25, 0.3) is 0 Å². The number of benzene rings is 1. The molecule has 1 amide bonds.